The molecule has 6 nitrogen and oxygen atoms in total. The van der Waals surface area contributed by atoms with Crippen molar-refractivity contribution in [1.29, 1.82) is 0 Å². The van der Waals surface area contributed by atoms with Crippen molar-refractivity contribution in [2.45, 2.75) is 0 Å². The average molecular weight is 276 g/mol. The predicted octanol–water partition coefficient (Wildman–Crippen LogP) is -2.89. The first-order valence-electron chi connectivity index (χ1n) is 0. The van der Waals surface area contributed by atoms with Gasteiger partial charge in [-0.15, -0.1) is 0 Å². The van der Waals surface area contributed by atoms with Crippen LogP contribution in [0.15, 0.2) is 0 Å². The molecule has 39 valence electrons. The Morgan fingerprint density at radius 1 is 0.286 bits per heavy atom. The quantitative estimate of drug-likeness (QED) is 0.440. The smallest absolute Gasteiger partial charge is 0 e. The molecule has 0 aromatic carbocycles. The molecule has 0 aliphatic carbocycles. The van der Waals surface area contributed by atoms with E-state index in [1.807, 2.05) is 0 Å². The molecule has 19 radical (unpaired) electrons. The minimum absolute atomic E-state index is 0. The minimum atomic E-state index is 0. The van der Waals surface area contributed by atoms with Crippen LogP contribution >= 0.6 is 0 Å². The van der Waals surface area contributed by atoms with Crippen LogP contribution in [0.5, 0.6) is 0 Å². The molecule has 0 amide bonds. The van der Waals surface area contributed by atoms with E-state index in [1.54, 1.807) is 0 Å². The molecule has 7 heteroatoms. The third-order valence-corrected chi connectivity index (χ3v) is 0. The van der Waals surface area contributed by atoms with Crippen LogP contribution in [0.4, 0.5) is 0 Å². The molecule has 0 aliphatic rings. The Kier molecular flexibility index (Phi) is 290000. The van der Waals surface area contributed by atoms with Gasteiger partial charge in [-0.2, -0.15) is 0 Å². The van der Waals surface area contributed by atoms with E-state index in [9.17, 15) is 0 Å². The molecule has 0 spiro atoms. The molecule has 0 aliphatic heterocycles. The van der Waals surface area contributed by atoms with Crippen LogP contribution in [0.25, 0.3) is 0 Å². The van der Waals surface area contributed by atoms with Gasteiger partial charge in [0, 0.05) is 57.0 Å². The first-order chi connectivity index (χ1) is 0. The maximum atomic E-state index is 0. The van der Waals surface area contributed by atoms with E-state index in [0.29, 0.717) is 0 Å². The van der Waals surface area contributed by atoms with Crippen molar-refractivity contribution in [1.82, 2.24) is 36.9 Å². The minimum Gasteiger partial charge on any atom is 0 e. The maximum Gasteiger partial charge on any atom is 0 e. The fourth-order valence-corrected chi connectivity index (χ4v) is 0. The maximum absolute atomic E-state index is 0. The van der Waals surface area contributed by atoms with E-state index in [1.165, 1.54) is 0 Å². The Hall–Kier alpha value is 0.409. The third-order valence-electron chi connectivity index (χ3n) is 0. The zero-order valence-corrected chi connectivity index (χ0v) is 5.41. The van der Waals surface area contributed by atoms with E-state index in [4.69, 9.17) is 0 Å². The van der Waals surface area contributed by atoms with E-state index in [2.05, 4.69) is 0 Å². The number of nitrogens with zero attached hydrogens (tertiary/aromatic N) is 6. The van der Waals surface area contributed by atoms with Crippen LogP contribution < -0.4 is 36.9 Å². The van der Waals surface area contributed by atoms with E-state index in [-0.39, 0.29) is 57.0 Å². The zero-order chi connectivity index (χ0) is 0. The van der Waals surface area contributed by atoms with Gasteiger partial charge in [0.15, 0.2) is 0 Å². The van der Waals surface area contributed by atoms with Crippen LogP contribution in [0.3, 0.4) is 0 Å². The predicted molar refractivity (Wildman–Crippen MR) is 12.8 cm³/mol. The van der Waals surface area contributed by atoms with Gasteiger partial charge in [0.1, 0.15) is 0 Å². The molecule has 0 unspecified atom stereocenters. The second-order valence-corrected chi connectivity index (χ2v) is 0. The van der Waals surface area contributed by atoms with Crippen LogP contribution in [-0.2, 0) is 20.1 Å². The van der Waals surface area contributed by atoms with Crippen LogP contribution in [0.2, 0.25) is 0 Å². The van der Waals surface area contributed by atoms with Crippen LogP contribution in [-0.4, -0.2) is 0 Å². The number of hydrogen-bond acceptors (Lipinski definition) is 0. The molecule has 0 N–H and O–H groups in total. The van der Waals surface area contributed by atoms with Crippen molar-refractivity contribution >= 4 is 0 Å². The van der Waals surface area contributed by atoms with Gasteiger partial charge >= 0.3 is 0 Å². The summed E-state index contributed by atoms with van der Waals surface area (Å²) in [5, 5.41) is 0. The summed E-state index contributed by atoms with van der Waals surface area (Å²) in [6, 6.07) is 0. The standard InChI is InChI=1S/Ir.6N. The Labute approximate surface area is 57.7 Å². The van der Waals surface area contributed by atoms with Gasteiger partial charge in [-0.1, -0.05) is 0 Å². The first-order valence-corrected chi connectivity index (χ1v) is 0. The molecule has 0 atom stereocenters. The van der Waals surface area contributed by atoms with Crippen molar-refractivity contribution < 1.29 is 20.1 Å². The molecule has 0 rings (SSSR count). The van der Waals surface area contributed by atoms with Crippen molar-refractivity contribution in [2.75, 3.05) is 0 Å². The van der Waals surface area contributed by atoms with Crippen molar-refractivity contribution in [3.63, 3.8) is 0 Å². The largest absolute Gasteiger partial charge is 0 e. The summed E-state index contributed by atoms with van der Waals surface area (Å²) in [6.45, 7) is 0. The molecule has 0 saturated heterocycles. The fraction of sp³-hybridized carbons (Fsp3) is 0. The van der Waals surface area contributed by atoms with Gasteiger partial charge in [-0.3, -0.25) is 0 Å². The van der Waals surface area contributed by atoms with Crippen LogP contribution in [0.1, 0.15) is 0 Å². The molecule has 0 heterocycles. The van der Waals surface area contributed by atoms with E-state index >= 15 is 0 Å². The van der Waals surface area contributed by atoms with Gasteiger partial charge < -0.3 is 0 Å². The SMILES string of the molecule is [Ir].[N].[N].[N].[N].[N].[N]. The van der Waals surface area contributed by atoms with Crippen molar-refractivity contribution in [3.8, 4) is 0 Å². The Bertz CT molecular complexity index is 4.14. The first kappa shape index (κ1) is 1820. The van der Waals surface area contributed by atoms with Crippen molar-refractivity contribution in [3.05, 3.63) is 0 Å². The Morgan fingerprint density at radius 3 is 0.286 bits per heavy atom. The fourth-order valence-electron chi connectivity index (χ4n) is 0. The second kappa shape index (κ2) is 1120. The molecule has 0 aromatic heterocycles. The van der Waals surface area contributed by atoms with Gasteiger partial charge in [-0.25, -0.2) is 0 Å². The summed E-state index contributed by atoms with van der Waals surface area (Å²) < 4.78 is 0. The molecule has 0 aromatic rings. The topological polar surface area (TPSA) is 183 Å². The van der Waals surface area contributed by atoms with Crippen LogP contribution in [0, 0.1) is 0 Å². The third kappa shape index (κ3) is 744. The van der Waals surface area contributed by atoms with Gasteiger partial charge in [0.25, 0.3) is 0 Å². The number of rotatable bonds is 0. The van der Waals surface area contributed by atoms with E-state index in [0.717, 1.165) is 0 Å². The normalized spacial score (nSPS) is 0. The molecule has 7 heavy (non-hydrogen) atoms. The summed E-state index contributed by atoms with van der Waals surface area (Å²) >= 11 is 0. The molecular formula is IrN6. The van der Waals surface area contributed by atoms with E-state index < -0.39 is 0 Å². The molecule has 0 fully saturated rings. The van der Waals surface area contributed by atoms with Gasteiger partial charge in [0.05, 0.1) is 0 Å². The summed E-state index contributed by atoms with van der Waals surface area (Å²) in [6.07, 6.45) is 0. The molecule has 0 saturated carbocycles. The summed E-state index contributed by atoms with van der Waals surface area (Å²) in [4.78, 5) is 0. The average Bonchev–Trinajstić information content (AvgIpc) is 0. The van der Waals surface area contributed by atoms with Gasteiger partial charge in [-0.05, 0) is 0 Å². The van der Waals surface area contributed by atoms with Gasteiger partial charge in [0.2, 0.25) is 0 Å². The zero-order valence-electron chi connectivity index (χ0n) is 3.02. The second-order valence-electron chi connectivity index (χ2n) is 0. The molecular weight excluding hydrogens is 276 g/mol. The summed E-state index contributed by atoms with van der Waals surface area (Å²) in [5.41, 5.74) is 0. The summed E-state index contributed by atoms with van der Waals surface area (Å²) in [7, 11) is 0. The monoisotopic (exact) mass is 277 g/mol. The number of hydrogen-bond donors (Lipinski definition) is 0. The Morgan fingerprint density at radius 2 is 0.286 bits per heavy atom. The molecule has 0 bridgehead atoms. The summed E-state index contributed by atoms with van der Waals surface area (Å²) in [5.74, 6) is 0. The Balaban J connectivity index is 0. The van der Waals surface area contributed by atoms with Crippen molar-refractivity contribution in [2.24, 2.45) is 0 Å².